The number of nitrogens with zero attached hydrogens (tertiary/aromatic N) is 3. The zero-order valence-electron chi connectivity index (χ0n) is 16.9. The second-order valence-corrected chi connectivity index (χ2v) is 9.55. The first-order valence-corrected chi connectivity index (χ1v) is 11.2. The summed E-state index contributed by atoms with van der Waals surface area (Å²) >= 11 is 0. The van der Waals surface area contributed by atoms with Crippen LogP contribution in [0.25, 0.3) is 0 Å². The van der Waals surface area contributed by atoms with Crippen LogP contribution in [0, 0.1) is 18.7 Å². The number of piperidine rings is 1. The summed E-state index contributed by atoms with van der Waals surface area (Å²) in [6, 6.07) is 4.92. The van der Waals surface area contributed by atoms with Crippen molar-refractivity contribution in [1.82, 2.24) is 19.4 Å². The van der Waals surface area contributed by atoms with E-state index in [4.69, 9.17) is 0 Å². The van der Waals surface area contributed by atoms with E-state index in [1.165, 1.54) is 22.5 Å². The van der Waals surface area contributed by atoms with Crippen LogP contribution in [-0.4, -0.2) is 41.5 Å². The van der Waals surface area contributed by atoms with Crippen molar-refractivity contribution < 1.29 is 17.6 Å². The number of carbonyl (C=O) groups excluding carboxylic acids is 1. The van der Waals surface area contributed by atoms with Gasteiger partial charge in [-0.1, -0.05) is 6.07 Å². The fourth-order valence-electron chi connectivity index (χ4n) is 3.71. The molecule has 1 aliphatic rings. The molecule has 29 heavy (non-hydrogen) atoms. The number of carbonyl (C=O) groups is 1. The lowest BCUT2D eigenvalue weighted by molar-refractivity contribution is -0.122. The van der Waals surface area contributed by atoms with Gasteiger partial charge in [-0.2, -0.15) is 9.40 Å². The minimum atomic E-state index is -3.71. The number of nitrogens with one attached hydrogen (secondary N) is 1. The zero-order chi connectivity index (χ0) is 21.2. The number of halogens is 1. The summed E-state index contributed by atoms with van der Waals surface area (Å²) in [6.45, 7) is 4.54. The van der Waals surface area contributed by atoms with Gasteiger partial charge in [0.15, 0.2) is 0 Å². The van der Waals surface area contributed by atoms with E-state index in [2.05, 4.69) is 10.4 Å². The summed E-state index contributed by atoms with van der Waals surface area (Å²) in [6.07, 6.45) is 3.32. The van der Waals surface area contributed by atoms with Crippen LogP contribution in [0.3, 0.4) is 0 Å². The quantitative estimate of drug-likeness (QED) is 0.775. The molecule has 1 saturated heterocycles. The molecule has 2 heterocycles. The third-order valence-electron chi connectivity index (χ3n) is 5.60. The van der Waals surface area contributed by atoms with E-state index >= 15 is 0 Å². The number of aromatic nitrogens is 2. The molecule has 0 spiro atoms. The number of benzene rings is 1. The molecule has 0 aliphatic carbocycles. The standard InChI is InChI=1S/C20H27FN4O3S/c1-14(19-13-22-24(3)15(19)2)23-20(26)11-16-7-9-25(10-8-16)29(27,28)18-6-4-5-17(21)12-18/h4-6,12-14,16H,7-11H2,1-3H3,(H,23,26)/t14-/m1/s1. The SMILES string of the molecule is Cc1c([C@@H](C)NC(=O)CC2CCN(S(=O)(=O)c3cccc(F)c3)CC2)cnn1C. The minimum absolute atomic E-state index is 0.0330. The third kappa shape index (κ3) is 4.84. The first-order valence-electron chi connectivity index (χ1n) is 9.72. The number of amides is 1. The molecule has 1 N–H and O–H groups in total. The number of rotatable bonds is 6. The number of hydrogen-bond donors (Lipinski definition) is 1. The monoisotopic (exact) mass is 422 g/mol. The molecule has 158 valence electrons. The molecule has 0 radical (unpaired) electrons. The molecule has 3 rings (SSSR count). The summed E-state index contributed by atoms with van der Waals surface area (Å²) in [5, 5.41) is 7.21. The van der Waals surface area contributed by atoms with Crippen LogP contribution in [0.4, 0.5) is 4.39 Å². The average Bonchev–Trinajstić information content (AvgIpc) is 3.01. The van der Waals surface area contributed by atoms with Gasteiger partial charge >= 0.3 is 0 Å². The minimum Gasteiger partial charge on any atom is -0.349 e. The highest BCUT2D eigenvalue weighted by Crippen LogP contribution is 2.26. The van der Waals surface area contributed by atoms with Gasteiger partial charge in [0.2, 0.25) is 15.9 Å². The maximum atomic E-state index is 13.4. The van der Waals surface area contributed by atoms with Crippen LogP contribution in [0.1, 0.15) is 43.5 Å². The normalized spacial score (nSPS) is 17.2. The van der Waals surface area contributed by atoms with Gasteiger partial charge in [-0.25, -0.2) is 12.8 Å². The van der Waals surface area contributed by atoms with E-state index in [0.717, 1.165) is 17.3 Å². The smallest absolute Gasteiger partial charge is 0.243 e. The summed E-state index contributed by atoms with van der Waals surface area (Å²) < 4.78 is 41.9. The van der Waals surface area contributed by atoms with Gasteiger partial charge in [0.25, 0.3) is 0 Å². The molecule has 0 bridgehead atoms. The van der Waals surface area contributed by atoms with Gasteiger partial charge in [0.05, 0.1) is 17.1 Å². The topological polar surface area (TPSA) is 84.3 Å². The summed E-state index contributed by atoms with van der Waals surface area (Å²) in [7, 11) is -1.85. The number of hydrogen-bond acceptors (Lipinski definition) is 4. The molecule has 1 aromatic carbocycles. The summed E-state index contributed by atoms with van der Waals surface area (Å²) in [5.41, 5.74) is 1.99. The first kappa shape index (κ1) is 21.4. The molecule has 0 unspecified atom stereocenters. The molecular weight excluding hydrogens is 395 g/mol. The van der Waals surface area contributed by atoms with Gasteiger partial charge in [0, 0.05) is 37.8 Å². The third-order valence-corrected chi connectivity index (χ3v) is 7.49. The van der Waals surface area contributed by atoms with Crippen molar-refractivity contribution >= 4 is 15.9 Å². The van der Waals surface area contributed by atoms with E-state index < -0.39 is 15.8 Å². The molecule has 9 heteroatoms. The van der Waals surface area contributed by atoms with Crippen LogP contribution in [-0.2, 0) is 21.9 Å². The van der Waals surface area contributed by atoms with Crippen molar-refractivity contribution in [2.45, 2.75) is 44.0 Å². The molecule has 1 fully saturated rings. The lowest BCUT2D eigenvalue weighted by Gasteiger charge is -2.31. The van der Waals surface area contributed by atoms with Crippen LogP contribution >= 0.6 is 0 Å². The van der Waals surface area contributed by atoms with Crippen molar-refractivity contribution in [3.8, 4) is 0 Å². The van der Waals surface area contributed by atoms with Gasteiger partial charge in [-0.15, -0.1) is 0 Å². The van der Waals surface area contributed by atoms with Gasteiger partial charge in [-0.3, -0.25) is 9.48 Å². The van der Waals surface area contributed by atoms with E-state index in [-0.39, 0.29) is 22.8 Å². The Hall–Kier alpha value is -2.26. The lowest BCUT2D eigenvalue weighted by atomic mass is 9.94. The van der Waals surface area contributed by atoms with Gasteiger partial charge < -0.3 is 5.32 Å². The predicted molar refractivity (Wildman–Crippen MR) is 107 cm³/mol. The van der Waals surface area contributed by atoms with Gasteiger partial charge in [-0.05, 0) is 50.8 Å². The van der Waals surface area contributed by atoms with Crippen molar-refractivity contribution in [2.24, 2.45) is 13.0 Å². The Kier molecular flexibility index (Phi) is 6.38. The lowest BCUT2D eigenvalue weighted by Crippen LogP contribution is -2.39. The van der Waals surface area contributed by atoms with Crippen LogP contribution in [0.5, 0.6) is 0 Å². The molecule has 1 aliphatic heterocycles. The Morgan fingerprint density at radius 3 is 2.62 bits per heavy atom. The van der Waals surface area contributed by atoms with Crippen molar-refractivity contribution in [3.63, 3.8) is 0 Å². The number of sulfonamides is 1. The van der Waals surface area contributed by atoms with Crippen LogP contribution in [0.2, 0.25) is 0 Å². The highest BCUT2D eigenvalue weighted by atomic mass is 32.2. The summed E-state index contributed by atoms with van der Waals surface area (Å²) in [4.78, 5) is 12.4. The van der Waals surface area contributed by atoms with E-state index in [1.807, 2.05) is 20.9 Å². The molecule has 1 amide bonds. The first-order chi connectivity index (χ1) is 13.7. The Morgan fingerprint density at radius 2 is 2.03 bits per heavy atom. The highest BCUT2D eigenvalue weighted by Gasteiger charge is 2.30. The Morgan fingerprint density at radius 1 is 1.34 bits per heavy atom. The number of aryl methyl sites for hydroxylation is 1. The van der Waals surface area contributed by atoms with E-state index in [0.29, 0.717) is 32.4 Å². The molecule has 0 saturated carbocycles. The Balaban J connectivity index is 1.53. The predicted octanol–water partition coefficient (Wildman–Crippen LogP) is 2.54. The van der Waals surface area contributed by atoms with E-state index in [1.54, 1.807) is 10.9 Å². The second kappa shape index (κ2) is 8.62. The van der Waals surface area contributed by atoms with Crippen LogP contribution < -0.4 is 5.32 Å². The zero-order valence-corrected chi connectivity index (χ0v) is 17.7. The van der Waals surface area contributed by atoms with Gasteiger partial charge in [0.1, 0.15) is 5.82 Å². The fourth-order valence-corrected chi connectivity index (χ4v) is 5.21. The maximum absolute atomic E-state index is 13.4. The largest absolute Gasteiger partial charge is 0.349 e. The second-order valence-electron chi connectivity index (χ2n) is 7.61. The maximum Gasteiger partial charge on any atom is 0.243 e. The Bertz CT molecular complexity index is 981. The fraction of sp³-hybridized carbons (Fsp3) is 0.500. The van der Waals surface area contributed by atoms with Crippen molar-refractivity contribution in [3.05, 3.63) is 47.5 Å². The summed E-state index contributed by atoms with van der Waals surface area (Å²) in [5.74, 6) is -0.501. The van der Waals surface area contributed by atoms with Crippen molar-refractivity contribution in [2.75, 3.05) is 13.1 Å². The average molecular weight is 423 g/mol. The molecule has 7 nitrogen and oxygen atoms in total. The molecular formula is C20H27FN4O3S. The molecule has 1 atom stereocenters. The van der Waals surface area contributed by atoms with Crippen LogP contribution in [0.15, 0.2) is 35.4 Å². The molecule has 1 aromatic heterocycles. The molecule has 2 aromatic rings. The highest BCUT2D eigenvalue weighted by molar-refractivity contribution is 7.89. The van der Waals surface area contributed by atoms with Crippen molar-refractivity contribution in [1.29, 1.82) is 0 Å². The Labute approximate surface area is 171 Å². The van der Waals surface area contributed by atoms with E-state index in [9.17, 15) is 17.6 Å².